The van der Waals surface area contributed by atoms with Crippen LogP contribution in [0.25, 0.3) is 0 Å². The second-order valence-corrected chi connectivity index (χ2v) is 12.3. The van der Waals surface area contributed by atoms with Crippen LogP contribution in [0.15, 0.2) is 0 Å². The summed E-state index contributed by atoms with van der Waals surface area (Å²) in [6.07, 6.45) is 1.61. The van der Waals surface area contributed by atoms with Gasteiger partial charge in [-0.3, -0.25) is 0 Å². The Kier molecular flexibility index (Phi) is 0.883. The maximum absolute atomic E-state index is 2.66. The smallest absolute Gasteiger partial charge is 0.0198 e. The number of hydrogen-bond donors (Lipinski definition) is 0. The van der Waals surface area contributed by atoms with E-state index in [0.717, 1.165) is 5.41 Å². The van der Waals surface area contributed by atoms with Crippen molar-refractivity contribution >= 4 is 0 Å². The van der Waals surface area contributed by atoms with Crippen molar-refractivity contribution in [2.75, 3.05) is 0 Å². The van der Waals surface area contributed by atoms with Crippen LogP contribution in [0.4, 0.5) is 0 Å². The van der Waals surface area contributed by atoms with E-state index in [9.17, 15) is 0 Å². The lowest BCUT2D eigenvalue weighted by Crippen LogP contribution is -2.35. The van der Waals surface area contributed by atoms with Crippen LogP contribution < -0.4 is 0 Å². The summed E-state index contributed by atoms with van der Waals surface area (Å²) in [5.74, 6) is 24.9. The van der Waals surface area contributed by atoms with E-state index < -0.39 is 0 Å². The van der Waals surface area contributed by atoms with E-state index in [1.54, 1.807) is 6.42 Å². The van der Waals surface area contributed by atoms with Gasteiger partial charge in [-0.05, 0) is 124 Å². The van der Waals surface area contributed by atoms with Gasteiger partial charge in [-0.1, -0.05) is 6.92 Å². The van der Waals surface area contributed by atoms with Gasteiger partial charge in [0.25, 0.3) is 0 Å². The quantitative estimate of drug-likeness (QED) is 0.695. The van der Waals surface area contributed by atoms with Crippen LogP contribution in [0.5, 0.6) is 0 Å². The Balaban J connectivity index is 1.46. The summed E-state index contributed by atoms with van der Waals surface area (Å²) in [7, 11) is 0. The molecule has 0 nitrogen and oxygen atoms in total. The Morgan fingerprint density at radius 3 is 0.864 bits per heavy atom. The molecule has 0 heteroatoms. The monoisotopic (exact) mass is 288 g/mol. The van der Waals surface area contributed by atoms with E-state index >= 15 is 0 Å². The van der Waals surface area contributed by atoms with Gasteiger partial charge in [0.05, 0.1) is 0 Å². The molecule has 12 saturated carbocycles. The van der Waals surface area contributed by atoms with E-state index in [4.69, 9.17) is 0 Å². The van der Waals surface area contributed by atoms with Gasteiger partial charge in [-0.25, -0.2) is 0 Å². The molecular weight excluding hydrogens is 264 g/mol. The molecule has 0 saturated heterocycles. The molecule has 0 bridgehead atoms. The maximum Gasteiger partial charge on any atom is -0.0198 e. The molecule has 12 aliphatic carbocycles. The topological polar surface area (TPSA) is 0 Å². The molecule has 0 aromatic heterocycles. The lowest BCUT2D eigenvalue weighted by Gasteiger charge is -2.39. The van der Waals surface area contributed by atoms with Gasteiger partial charge in [-0.15, -0.1) is 0 Å². The molecule has 22 heavy (non-hydrogen) atoms. The molecule has 12 rings (SSSR count). The van der Waals surface area contributed by atoms with E-state index in [-0.39, 0.29) is 0 Å². The third-order valence-electron chi connectivity index (χ3n) is 14.3. The number of hydrogen-bond acceptors (Lipinski definition) is 0. The fourth-order valence-electron chi connectivity index (χ4n) is 16.4. The SMILES string of the molecule is CCC12C3[C@@H]4[C@@H]5C6C7C8[C@@H]9[C@@H]6[C@@H]4C1[C@H]9[C@H]1C2[C@H]2[C@@H](C7[C@@H]5[C@@H]32)[C@H]81. The van der Waals surface area contributed by atoms with E-state index in [0.29, 0.717) is 0 Å². The minimum Gasteiger partial charge on any atom is -0.0648 e. The standard InChI is InChI=1S/C22H24/c1-2-22-19-13-7-4-3-5-9(7)15(19)17-11(5)12-6(3)10-8(4)14(13)20(22)16(10)18(12)21(17)22/h3-21H,2H2,1H3/t3?,4?,5?,6?,7-,8-,9-,10+,11+,12+,13-,14+,15-,16+,17+,18-,19?,20?,21?,22?/m0/s1. The maximum atomic E-state index is 2.66. The minimum atomic E-state index is 0.943. The van der Waals surface area contributed by atoms with Crippen molar-refractivity contribution in [1.82, 2.24) is 0 Å². The first kappa shape index (κ1) is 9.47. The highest BCUT2D eigenvalue weighted by Crippen LogP contribution is 3.04. The van der Waals surface area contributed by atoms with Crippen molar-refractivity contribution in [2.45, 2.75) is 13.3 Å². The van der Waals surface area contributed by atoms with Crippen molar-refractivity contribution in [2.24, 2.45) is 118 Å². The number of rotatable bonds is 1. The molecule has 0 aliphatic heterocycles. The molecule has 8 unspecified atom stereocenters. The first-order chi connectivity index (χ1) is 10.9. The van der Waals surface area contributed by atoms with Crippen LogP contribution in [0.3, 0.4) is 0 Å². The van der Waals surface area contributed by atoms with Crippen LogP contribution in [0.2, 0.25) is 0 Å². The second-order valence-electron chi connectivity index (χ2n) is 12.3. The van der Waals surface area contributed by atoms with Crippen LogP contribution in [0, 0.1) is 118 Å². The summed E-state index contributed by atoms with van der Waals surface area (Å²) in [6, 6.07) is 0. The molecule has 12 fully saturated rings. The van der Waals surface area contributed by atoms with E-state index in [2.05, 4.69) is 6.92 Å². The molecule has 0 aromatic rings. The molecule has 12 aliphatic rings. The summed E-state index contributed by atoms with van der Waals surface area (Å²) < 4.78 is 0. The van der Waals surface area contributed by atoms with Crippen molar-refractivity contribution in [3.8, 4) is 0 Å². The first-order valence-corrected chi connectivity index (χ1v) is 10.9. The lowest BCUT2D eigenvalue weighted by molar-refractivity contribution is 0.0784. The van der Waals surface area contributed by atoms with Gasteiger partial charge >= 0.3 is 0 Å². The van der Waals surface area contributed by atoms with Crippen molar-refractivity contribution in [3.05, 3.63) is 0 Å². The Hall–Kier alpha value is 0. The Morgan fingerprint density at radius 1 is 0.409 bits per heavy atom. The van der Waals surface area contributed by atoms with Gasteiger partial charge < -0.3 is 0 Å². The fraction of sp³-hybridized carbons (Fsp3) is 1.00. The summed E-state index contributed by atoms with van der Waals surface area (Å²) in [4.78, 5) is 0. The molecule has 20 atom stereocenters. The van der Waals surface area contributed by atoms with Crippen molar-refractivity contribution in [3.63, 3.8) is 0 Å². The normalized spacial score (nSPS) is 103. The average Bonchev–Trinajstić information content (AvgIpc) is 3.18. The summed E-state index contributed by atoms with van der Waals surface area (Å²) >= 11 is 0. The highest BCUT2D eigenvalue weighted by Gasteiger charge is 3.01. The van der Waals surface area contributed by atoms with Crippen LogP contribution >= 0.6 is 0 Å². The lowest BCUT2D eigenvalue weighted by atomic mass is 9.65. The predicted molar refractivity (Wildman–Crippen MR) is 79.0 cm³/mol. The zero-order chi connectivity index (χ0) is 13.2. The van der Waals surface area contributed by atoms with Gasteiger partial charge in [0, 0.05) is 0 Å². The van der Waals surface area contributed by atoms with Gasteiger partial charge in [0.1, 0.15) is 0 Å². The summed E-state index contributed by atoms with van der Waals surface area (Å²) in [5.41, 5.74) is 0.943. The minimum absolute atomic E-state index is 0.943. The molecule has 0 aromatic carbocycles. The van der Waals surface area contributed by atoms with Gasteiger partial charge in [-0.2, -0.15) is 0 Å². The first-order valence-electron chi connectivity index (χ1n) is 10.9. The van der Waals surface area contributed by atoms with Gasteiger partial charge in [0.15, 0.2) is 0 Å². The van der Waals surface area contributed by atoms with Crippen molar-refractivity contribution < 1.29 is 0 Å². The Labute approximate surface area is 131 Å². The Morgan fingerprint density at radius 2 is 0.636 bits per heavy atom. The zero-order valence-electron chi connectivity index (χ0n) is 13.2. The fourth-order valence-corrected chi connectivity index (χ4v) is 16.4. The third kappa shape index (κ3) is 0.434. The highest BCUT2D eigenvalue weighted by molar-refractivity contribution is 5.47. The molecule has 112 valence electrons. The van der Waals surface area contributed by atoms with Crippen LogP contribution in [-0.2, 0) is 0 Å². The van der Waals surface area contributed by atoms with Crippen LogP contribution in [-0.4, -0.2) is 0 Å². The average molecular weight is 288 g/mol. The summed E-state index contributed by atoms with van der Waals surface area (Å²) in [5, 5.41) is 0. The van der Waals surface area contributed by atoms with E-state index in [1.807, 2.05) is 0 Å². The molecule has 0 spiro atoms. The van der Waals surface area contributed by atoms with E-state index in [1.165, 1.54) is 112 Å². The Bertz CT molecular complexity index is 620. The zero-order valence-corrected chi connectivity index (χ0v) is 13.2. The molecule has 0 amide bonds. The van der Waals surface area contributed by atoms with Crippen LogP contribution in [0.1, 0.15) is 13.3 Å². The second kappa shape index (κ2) is 2.05. The third-order valence-corrected chi connectivity index (χ3v) is 14.3. The largest absolute Gasteiger partial charge is 0.0648 e. The van der Waals surface area contributed by atoms with Gasteiger partial charge in [0.2, 0.25) is 0 Å². The highest BCUT2D eigenvalue weighted by atomic mass is 15.1. The molecule has 0 N–H and O–H groups in total. The van der Waals surface area contributed by atoms with Crippen molar-refractivity contribution in [1.29, 1.82) is 0 Å². The molecular formula is C22H24. The molecule has 0 radical (unpaired) electrons. The summed E-state index contributed by atoms with van der Waals surface area (Å²) in [6.45, 7) is 2.66. The molecule has 0 heterocycles. The predicted octanol–water partition coefficient (Wildman–Crippen LogP) is 3.24.